The predicted molar refractivity (Wildman–Crippen MR) is 82.5 cm³/mol. The van der Waals surface area contributed by atoms with Crippen molar-refractivity contribution < 1.29 is 0 Å². The molecule has 20 heavy (non-hydrogen) atoms. The van der Waals surface area contributed by atoms with Gasteiger partial charge >= 0.3 is 0 Å². The van der Waals surface area contributed by atoms with Crippen LogP contribution in [0, 0.1) is 6.92 Å². The Balaban J connectivity index is 1.58. The Morgan fingerprint density at radius 3 is 2.65 bits per heavy atom. The molecule has 0 aromatic carbocycles. The van der Waals surface area contributed by atoms with Crippen LogP contribution in [0.2, 0.25) is 5.15 Å². The van der Waals surface area contributed by atoms with Gasteiger partial charge in [-0.15, -0.1) is 0 Å². The summed E-state index contributed by atoms with van der Waals surface area (Å²) in [6.45, 7) is 6.47. The topological polar surface area (TPSA) is 41.1 Å². The fourth-order valence-corrected chi connectivity index (χ4v) is 2.89. The number of anilines is 1. The highest BCUT2D eigenvalue weighted by atomic mass is 35.5. The third-order valence-electron chi connectivity index (χ3n) is 4.22. The average Bonchev–Trinajstić information content (AvgIpc) is 3.29. The number of aromatic nitrogens is 2. The van der Waals surface area contributed by atoms with Gasteiger partial charge in [-0.1, -0.05) is 18.0 Å². The fraction of sp³-hybridized carbons (Fsp3) is 0.733. The summed E-state index contributed by atoms with van der Waals surface area (Å²) in [6.07, 6.45) is 6.46. The fourth-order valence-electron chi connectivity index (χ4n) is 2.72. The summed E-state index contributed by atoms with van der Waals surface area (Å²) in [4.78, 5) is 11.6. The van der Waals surface area contributed by atoms with E-state index >= 15 is 0 Å². The van der Waals surface area contributed by atoms with E-state index in [2.05, 4.69) is 20.2 Å². The van der Waals surface area contributed by atoms with Crippen LogP contribution in [0.1, 0.15) is 49.4 Å². The lowest BCUT2D eigenvalue weighted by Gasteiger charge is -2.26. The van der Waals surface area contributed by atoms with Crippen LogP contribution < -0.4 is 5.32 Å². The van der Waals surface area contributed by atoms with Crippen molar-refractivity contribution in [3.05, 3.63) is 16.5 Å². The second-order valence-corrected chi connectivity index (χ2v) is 6.31. The molecule has 2 fully saturated rings. The SMILES string of the molecule is Cc1c(Cl)nc(C2CC2)nc1NCCN1CCCCC1. The lowest BCUT2D eigenvalue weighted by Crippen LogP contribution is -2.33. The number of nitrogens with zero attached hydrogens (tertiary/aromatic N) is 3. The molecule has 0 atom stereocenters. The van der Waals surface area contributed by atoms with Gasteiger partial charge in [-0.25, -0.2) is 9.97 Å². The van der Waals surface area contributed by atoms with Gasteiger partial charge < -0.3 is 10.2 Å². The van der Waals surface area contributed by atoms with Crippen molar-refractivity contribution in [1.82, 2.24) is 14.9 Å². The largest absolute Gasteiger partial charge is 0.368 e. The van der Waals surface area contributed by atoms with Crippen LogP contribution in [0.25, 0.3) is 0 Å². The molecule has 1 aliphatic carbocycles. The first-order valence-corrected chi connectivity index (χ1v) is 8.12. The molecule has 1 saturated heterocycles. The Morgan fingerprint density at radius 1 is 1.20 bits per heavy atom. The third kappa shape index (κ3) is 3.41. The number of halogens is 1. The number of nitrogens with one attached hydrogen (secondary N) is 1. The van der Waals surface area contributed by atoms with Gasteiger partial charge in [-0.2, -0.15) is 0 Å². The Bertz CT molecular complexity index is 467. The Labute approximate surface area is 125 Å². The van der Waals surface area contributed by atoms with Crippen molar-refractivity contribution in [2.75, 3.05) is 31.5 Å². The molecule has 5 heteroatoms. The lowest BCUT2D eigenvalue weighted by atomic mass is 10.1. The first kappa shape index (κ1) is 14.1. The van der Waals surface area contributed by atoms with Crippen molar-refractivity contribution in [2.45, 2.75) is 44.9 Å². The maximum Gasteiger partial charge on any atom is 0.137 e. The summed E-state index contributed by atoms with van der Waals surface area (Å²) < 4.78 is 0. The number of hydrogen-bond acceptors (Lipinski definition) is 4. The summed E-state index contributed by atoms with van der Waals surface area (Å²) in [6, 6.07) is 0. The van der Waals surface area contributed by atoms with E-state index < -0.39 is 0 Å². The molecule has 1 aliphatic heterocycles. The van der Waals surface area contributed by atoms with Crippen molar-refractivity contribution >= 4 is 17.4 Å². The number of rotatable bonds is 5. The van der Waals surface area contributed by atoms with Gasteiger partial charge in [-0.05, 0) is 45.7 Å². The number of likely N-dealkylation sites (tertiary alicyclic amines) is 1. The zero-order valence-corrected chi connectivity index (χ0v) is 12.9. The van der Waals surface area contributed by atoms with E-state index in [0.29, 0.717) is 11.1 Å². The third-order valence-corrected chi connectivity index (χ3v) is 4.58. The van der Waals surface area contributed by atoms with Crippen molar-refractivity contribution in [3.8, 4) is 0 Å². The molecule has 2 aliphatic rings. The molecule has 0 spiro atoms. The standard InChI is InChI=1S/C15H23ClN4/c1-11-13(16)18-15(12-5-6-12)19-14(11)17-7-10-20-8-3-2-4-9-20/h12H,2-10H2,1H3,(H,17,18,19). The second-order valence-electron chi connectivity index (χ2n) is 5.95. The van der Waals surface area contributed by atoms with Gasteiger partial charge in [0.15, 0.2) is 0 Å². The summed E-state index contributed by atoms with van der Waals surface area (Å²) in [5, 5.41) is 4.05. The highest BCUT2D eigenvalue weighted by Gasteiger charge is 2.28. The molecule has 1 N–H and O–H groups in total. The molecule has 4 nitrogen and oxygen atoms in total. The maximum absolute atomic E-state index is 6.22. The van der Waals surface area contributed by atoms with Gasteiger partial charge in [0.25, 0.3) is 0 Å². The zero-order valence-electron chi connectivity index (χ0n) is 12.2. The van der Waals surface area contributed by atoms with Gasteiger partial charge in [0.1, 0.15) is 16.8 Å². The van der Waals surface area contributed by atoms with E-state index in [1.54, 1.807) is 0 Å². The first-order valence-electron chi connectivity index (χ1n) is 7.74. The van der Waals surface area contributed by atoms with Crippen LogP contribution in [0.15, 0.2) is 0 Å². The van der Waals surface area contributed by atoms with Crippen LogP contribution in [0.5, 0.6) is 0 Å². The van der Waals surface area contributed by atoms with E-state index in [-0.39, 0.29) is 0 Å². The highest BCUT2D eigenvalue weighted by molar-refractivity contribution is 6.30. The van der Waals surface area contributed by atoms with E-state index in [0.717, 1.165) is 30.3 Å². The van der Waals surface area contributed by atoms with E-state index in [1.807, 2.05) is 6.92 Å². The summed E-state index contributed by atoms with van der Waals surface area (Å²) in [5.41, 5.74) is 0.967. The van der Waals surface area contributed by atoms with Crippen LogP contribution in [-0.4, -0.2) is 41.0 Å². The molecule has 1 aromatic rings. The van der Waals surface area contributed by atoms with E-state index in [4.69, 9.17) is 11.6 Å². The summed E-state index contributed by atoms with van der Waals surface area (Å²) in [5.74, 6) is 2.38. The quantitative estimate of drug-likeness (QED) is 0.847. The van der Waals surface area contributed by atoms with E-state index in [9.17, 15) is 0 Å². The van der Waals surface area contributed by atoms with Crippen LogP contribution in [0.4, 0.5) is 5.82 Å². The summed E-state index contributed by atoms with van der Waals surface area (Å²) in [7, 11) is 0. The molecular weight excluding hydrogens is 272 g/mol. The Hall–Kier alpha value is -0.870. The number of piperidine rings is 1. The summed E-state index contributed by atoms with van der Waals surface area (Å²) >= 11 is 6.22. The average molecular weight is 295 g/mol. The minimum absolute atomic E-state index is 0.538. The van der Waals surface area contributed by atoms with Crippen LogP contribution >= 0.6 is 11.6 Å². The molecule has 110 valence electrons. The molecule has 0 radical (unpaired) electrons. The maximum atomic E-state index is 6.22. The smallest absolute Gasteiger partial charge is 0.137 e. The van der Waals surface area contributed by atoms with Gasteiger partial charge in [0, 0.05) is 24.6 Å². The van der Waals surface area contributed by atoms with Gasteiger partial charge in [0.05, 0.1) is 0 Å². The molecular formula is C15H23ClN4. The van der Waals surface area contributed by atoms with Crippen LogP contribution in [-0.2, 0) is 0 Å². The monoisotopic (exact) mass is 294 g/mol. The molecule has 0 amide bonds. The zero-order chi connectivity index (χ0) is 13.9. The van der Waals surface area contributed by atoms with Crippen molar-refractivity contribution in [3.63, 3.8) is 0 Å². The minimum Gasteiger partial charge on any atom is -0.368 e. The Kier molecular flexibility index (Phi) is 4.41. The molecule has 0 bridgehead atoms. The molecule has 3 rings (SSSR count). The van der Waals surface area contributed by atoms with Crippen molar-refractivity contribution in [1.29, 1.82) is 0 Å². The first-order chi connectivity index (χ1) is 9.74. The second kappa shape index (κ2) is 6.27. The molecule has 1 saturated carbocycles. The van der Waals surface area contributed by atoms with Crippen LogP contribution in [0.3, 0.4) is 0 Å². The molecule has 2 heterocycles. The lowest BCUT2D eigenvalue weighted by molar-refractivity contribution is 0.237. The van der Waals surface area contributed by atoms with Gasteiger partial charge in [0.2, 0.25) is 0 Å². The normalized spacial score (nSPS) is 20.1. The molecule has 0 unspecified atom stereocenters. The molecule has 1 aromatic heterocycles. The van der Waals surface area contributed by atoms with Gasteiger partial charge in [-0.3, -0.25) is 0 Å². The Morgan fingerprint density at radius 2 is 1.95 bits per heavy atom. The van der Waals surface area contributed by atoms with Crippen molar-refractivity contribution in [2.24, 2.45) is 0 Å². The number of hydrogen-bond donors (Lipinski definition) is 1. The van der Waals surface area contributed by atoms with E-state index in [1.165, 1.54) is 45.2 Å². The minimum atomic E-state index is 0.538. The highest BCUT2D eigenvalue weighted by Crippen LogP contribution is 2.39. The predicted octanol–water partition coefficient (Wildman–Crippen LogP) is 3.21.